The second-order valence-electron chi connectivity index (χ2n) is 4.92. The Morgan fingerprint density at radius 3 is 2.23 bits per heavy atom. The number of hydrogen-bond donors (Lipinski definition) is 3. The summed E-state index contributed by atoms with van der Waals surface area (Å²) < 4.78 is 0. The molecule has 0 aliphatic heterocycles. The van der Waals surface area contributed by atoms with Crippen molar-refractivity contribution in [1.82, 2.24) is 5.43 Å². The molecule has 0 saturated heterocycles. The largest absolute Gasteiger partial charge is 0.508 e. The fourth-order valence-electron chi connectivity index (χ4n) is 1.81. The van der Waals surface area contributed by atoms with Crippen LogP contribution in [-0.2, 0) is 0 Å². The summed E-state index contributed by atoms with van der Waals surface area (Å²) in [6.45, 7) is 0. The summed E-state index contributed by atoms with van der Waals surface area (Å²) in [4.78, 5) is 13.8. The lowest BCUT2D eigenvalue weighted by Gasteiger charge is -2.11. The van der Waals surface area contributed by atoms with Crippen molar-refractivity contribution in [3.8, 4) is 11.5 Å². The Kier molecular flexibility index (Phi) is 4.63. The van der Waals surface area contributed by atoms with Gasteiger partial charge in [0, 0.05) is 31.4 Å². The lowest BCUT2D eigenvalue weighted by Crippen LogP contribution is -2.17. The van der Waals surface area contributed by atoms with Gasteiger partial charge in [0.25, 0.3) is 5.91 Å². The Labute approximate surface area is 128 Å². The molecule has 0 saturated carbocycles. The molecule has 0 unspecified atom stereocenters. The second kappa shape index (κ2) is 6.62. The molecule has 0 aliphatic carbocycles. The number of amides is 1. The number of anilines is 1. The summed E-state index contributed by atoms with van der Waals surface area (Å²) in [6, 6.07) is 11.3. The maximum absolute atomic E-state index is 11.8. The zero-order valence-electron chi connectivity index (χ0n) is 12.3. The minimum absolute atomic E-state index is 0.123. The molecule has 114 valence electrons. The Bertz CT molecular complexity index is 674. The first kappa shape index (κ1) is 15.4. The molecule has 6 heteroatoms. The van der Waals surface area contributed by atoms with E-state index in [1.807, 2.05) is 43.3 Å². The lowest BCUT2D eigenvalue weighted by atomic mass is 10.2. The van der Waals surface area contributed by atoms with Crippen molar-refractivity contribution >= 4 is 17.8 Å². The van der Waals surface area contributed by atoms with Crippen LogP contribution in [0.1, 0.15) is 15.9 Å². The molecule has 22 heavy (non-hydrogen) atoms. The van der Waals surface area contributed by atoms with Crippen LogP contribution in [0, 0.1) is 0 Å². The van der Waals surface area contributed by atoms with Gasteiger partial charge >= 0.3 is 0 Å². The molecule has 0 bridgehead atoms. The van der Waals surface area contributed by atoms with E-state index >= 15 is 0 Å². The number of rotatable bonds is 4. The molecule has 0 aliphatic rings. The van der Waals surface area contributed by atoms with Crippen molar-refractivity contribution in [1.29, 1.82) is 0 Å². The molecule has 0 atom stereocenters. The third kappa shape index (κ3) is 3.99. The molecular formula is C16H17N3O3. The maximum Gasteiger partial charge on any atom is 0.271 e. The molecular weight excluding hydrogens is 282 g/mol. The predicted molar refractivity (Wildman–Crippen MR) is 85.6 cm³/mol. The zero-order chi connectivity index (χ0) is 16.1. The molecule has 3 N–H and O–H groups in total. The van der Waals surface area contributed by atoms with Crippen LogP contribution in [0.4, 0.5) is 5.69 Å². The number of hydrogen-bond acceptors (Lipinski definition) is 5. The van der Waals surface area contributed by atoms with Crippen LogP contribution in [0.5, 0.6) is 11.5 Å². The minimum atomic E-state index is -0.521. The maximum atomic E-state index is 11.8. The van der Waals surface area contributed by atoms with E-state index in [1.165, 1.54) is 18.3 Å². The van der Waals surface area contributed by atoms with Gasteiger partial charge < -0.3 is 15.1 Å². The van der Waals surface area contributed by atoms with E-state index in [-0.39, 0.29) is 17.1 Å². The highest BCUT2D eigenvalue weighted by Gasteiger charge is 2.07. The average molecular weight is 299 g/mol. The number of phenolic OH excluding ortho intramolecular Hbond substituents is 2. The first-order valence-electron chi connectivity index (χ1n) is 6.59. The van der Waals surface area contributed by atoms with E-state index in [1.54, 1.807) is 0 Å². The monoisotopic (exact) mass is 299 g/mol. The Balaban J connectivity index is 2.00. The average Bonchev–Trinajstić information content (AvgIpc) is 2.46. The molecule has 0 radical (unpaired) electrons. The quantitative estimate of drug-likeness (QED) is 0.595. The number of carbonyl (C=O) groups is 1. The number of nitrogens with zero attached hydrogens (tertiary/aromatic N) is 2. The summed E-state index contributed by atoms with van der Waals surface area (Å²) in [5.74, 6) is -0.894. The lowest BCUT2D eigenvalue weighted by molar-refractivity contribution is 0.0954. The van der Waals surface area contributed by atoms with Crippen LogP contribution in [0.15, 0.2) is 47.6 Å². The van der Waals surface area contributed by atoms with Crippen molar-refractivity contribution in [2.45, 2.75) is 0 Å². The number of aromatic hydroxyl groups is 2. The molecule has 2 aromatic carbocycles. The van der Waals surface area contributed by atoms with Gasteiger partial charge in [-0.1, -0.05) is 12.1 Å². The molecule has 0 spiro atoms. The van der Waals surface area contributed by atoms with Gasteiger partial charge in [-0.05, 0) is 29.8 Å². The topological polar surface area (TPSA) is 85.2 Å². The van der Waals surface area contributed by atoms with Crippen LogP contribution < -0.4 is 10.3 Å². The van der Waals surface area contributed by atoms with E-state index < -0.39 is 5.91 Å². The summed E-state index contributed by atoms with van der Waals surface area (Å²) in [7, 11) is 3.90. The normalized spacial score (nSPS) is 10.6. The van der Waals surface area contributed by atoms with Crippen molar-refractivity contribution < 1.29 is 15.0 Å². The van der Waals surface area contributed by atoms with Crippen molar-refractivity contribution in [3.63, 3.8) is 0 Å². The first-order valence-corrected chi connectivity index (χ1v) is 6.59. The number of hydrazone groups is 1. The van der Waals surface area contributed by atoms with E-state index in [0.717, 1.165) is 17.3 Å². The fourth-order valence-corrected chi connectivity index (χ4v) is 1.81. The van der Waals surface area contributed by atoms with E-state index in [4.69, 9.17) is 0 Å². The second-order valence-corrected chi connectivity index (χ2v) is 4.92. The Hall–Kier alpha value is -3.02. The van der Waals surface area contributed by atoms with Crippen molar-refractivity contribution in [3.05, 3.63) is 53.6 Å². The van der Waals surface area contributed by atoms with Gasteiger partial charge in [-0.3, -0.25) is 4.79 Å². The Morgan fingerprint density at radius 1 is 1.09 bits per heavy atom. The molecule has 1 amide bonds. The highest BCUT2D eigenvalue weighted by Crippen LogP contribution is 2.20. The number of phenols is 2. The summed E-state index contributed by atoms with van der Waals surface area (Å²) in [5.41, 5.74) is 4.36. The number of nitrogens with one attached hydrogen (secondary N) is 1. The highest BCUT2D eigenvalue weighted by molar-refractivity contribution is 5.95. The van der Waals surface area contributed by atoms with Gasteiger partial charge in [0.2, 0.25) is 0 Å². The molecule has 2 aromatic rings. The van der Waals surface area contributed by atoms with Gasteiger partial charge in [0.05, 0.1) is 6.21 Å². The smallest absolute Gasteiger partial charge is 0.271 e. The third-order valence-electron chi connectivity index (χ3n) is 2.95. The van der Waals surface area contributed by atoms with Crippen LogP contribution in [0.25, 0.3) is 0 Å². The van der Waals surface area contributed by atoms with E-state index in [0.29, 0.717) is 0 Å². The third-order valence-corrected chi connectivity index (χ3v) is 2.95. The van der Waals surface area contributed by atoms with E-state index in [9.17, 15) is 15.0 Å². The zero-order valence-corrected chi connectivity index (χ0v) is 12.3. The standard InChI is InChI=1S/C16H17N3O3/c1-19(2)13-5-3-11(4-6-13)10-17-18-16(22)12-7-14(20)9-15(21)8-12/h3-10,20-21H,1-2H3,(H,18,22). The SMILES string of the molecule is CN(C)c1ccc(C=NNC(=O)c2cc(O)cc(O)c2)cc1. The van der Waals surface area contributed by atoms with Crippen molar-refractivity contribution in [2.75, 3.05) is 19.0 Å². The molecule has 0 aromatic heterocycles. The summed E-state index contributed by atoms with van der Waals surface area (Å²) >= 11 is 0. The Morgan fingerprint density at radius 2 is 1.68 bits per heavy atom. The van der Waals surface area contributed by atoms with Crippen molar-refractivity contribution in [2.24, 2.45) is 5.10 Å². The van der Waals surface area contributed by atoms with Gasteiger partial charge in [0.15, 0.2) is 0 Å². The molecule has 2 rings (SSSR count). The van der Waals surface area contributed by atoms with Gasteiger partial charge in [-0.15, -0.1) is 0 Å². The predicted octanol–water partition coefficient (Wildman–Crippen LogP) is 1.93. The van der Waals surface area contributed by atoms with Gasteiger partial charge in [-0.2, -0.15) is 5.10 Å². The van der Waals surface area contributed by atoms with Gasteiger partial charge in [0.1, 0.15) is 11.5 Å². The van der Waals surface area contributed by atoms with Crippen LogP contribution in [0.3, 0.4) is 0 Å². The summed E-state index contributed by atoms with van der Waals surface area (Å²) in [5, 5.41) is 22.5. The molecule has 0 fully saturated rings. The number of carbonyl (C=O) groups excluding carboxylic acids is 1. The fraction of sp³-hybridized carbons (Fsp3) is 0.125. The van der Waals surface area contributed by atoms with Gasteiger partial charge in [-0.25, -0.2) is 5.43 Å². The van der Waals surface area contributed by atoms with Crippen LogP contribution in [0.2, 0.25) is 0 Å². The molecule has 6 nitrogen and oxygen atoms in total. The minimum Gasteiger partial charge on any atom is -0.508 e. The number of benzene rings is 2. The summed E-state index contributed by atoms with van der Waals surface area (Å²) in [6.07, 6.45) is 1.51. The highest BCUT2D eigenvalue weighted by atomic mass is 16.3. The first-order chi connectivity index (χ1) is 10.5. The van der Waals surface area contributed by atoms with Crippen LogP contribution in [-0.4, -0.2) is 36.4 Å². The molecule has 0 heterocycles. The van der Waals surface area contributed by atoms with E-state index in [2.05, 4.69) is 10.5 Å². The van der Waals surface area contributed by atoms with Crippen LogP contribution >= 0.6 is 0 Å².